The summed E-state index contributed by atoms with van der Waals surface area (Å²) in [5.41, 5.74) is 1.72. The molecule has 0 spiro atoms. The van der Waals surface area contributed by atoms with E-state index in [1.54, 1.807) is 6.20 Å². The number of amides is 2. The van der Waals surface area contributed by atoms with E-state index in [-0.39, 0.29) is 23.7 Å². The highest BCUT2D eigenvalue weighted by Gasteiger charge is 2.30. The van der Waals surface area contributed by atoms with Crippen LogP contribution in [0.25, 0.3) is 0 Å². The van der Waals surface area contributed by atoms with Crippen LogP contribution < -0.4 is 5.32 Å². The molecule has 1 fully saturated rings. The Morgan fingerprint density at radius 2 is 2.18 bits per heavy atom. The first-order valence-corrected chi connectivity index (χ1v) is 5.74. The van der Waals surface area contributed by atoms with Gasteiger partial charge in [-0.1, -0.05) is 13.8 Å². The fourth-order valence-electron chi connectivity index (χ4n) is 2.09. The average Bonchev–Trinajstić information content (AvgIpc) is 2.29. The largest absolute Gasteiger partial charge is 0.296 e. The van der Waals surface area contributed by atoms with Crippen molar-refractivity contribution >= 4 is 11.8 Å². The van der Waals surface area contributed by atoms with Gasteiger partial charge in [0.25, 0.3) is 0 Å². The van der Waals surface area contributed by atoms with Crippen LogP contribution in [0.4, 0.5) is 0 Å². The van der Waals surface area contributed by atoms with Crippen LogP contribution in [0.5, 0.6) is 0 Å². The Balaban J connectivity index is 2.34. The first-order chi connectivity index (χ1) is 8.09. The van der Waals surface area contributed by atoms with E-state index in [1.807, 2.05) is 19.9 Å². The van der Waals surface area contributed by atoms with Crippen LogP contribution in [0.3, 0.4) is 0 Å². The number of imide groups is 1. The molecule has 1 aliphatic heterocycles. The smallest absolute Gasteiger partial charge is 0.234 e. The highest BCUT2D eigenvalue weighted by Crippen LogP contribution is 2.29. The van der Waals surface area contributed by atoms with E-state index in [2.05, 4.69) is 15.5 Å². The summed E-state index contributed by atoms with van der Waals surface area (Å²) in [6, 6.07) is 1.82. The number of rotatable bonds is 2. The summed E-state index contributed by atoms with van der Waals surface area (Å²) in [4.78, 5) is 22.9. The summed E-state index contributed by atoms with van der Waals surface area (Å²) < 4.78 is 0. The summed E-state index contributed by atoms with van der Waals surface area (Å²) in [5.74, 6) is -0.486. The number of carbonyl (C=O) groups excluding carboxylic acids is 2. The van der Waals surface area contributed by atoms with Crippen LogP contribution in [0.15, 0.2) is 12.3 Å². The third-order valence-corrected chi connectivity index (χ3v) is 2.94. The molecule has 1 atom stereocenters. The summed E-state index contributed by atoms with van der Waals surface area (Å²) >= 11 is 0. The molecular formula is C12H15N3O2. The predicted octanol–water partition coefficient (Wildman–Crippen LogP) is 1.12. The third kappa shape index (κ3) is 2.33. The highest BCUT2D eigenvalue weighted by molar-refractivity contribution is 6.01. The second-order valence-corrected chi connectivity index (χ2v) is 4.53. The molecule has 1 N–H and O–H groups in total. The van der Waals surface area contributed by atoms with Gasteiger partial charge in [0, 0.05) is 12.6 Å². The van der Waals surface area contributed by atoms with Gasteiger partial charge in [-0.15, -0.1) is 0 Å². The molecule has 0 aliphatic carbocycles. The summed E-state index contributed by atoms with van der Waals surface area (Å²) in [6.07, 6.45) is 2.53. The zero-order valence-corrected chi connectivity index (χ0v) is 9.93. The van der Waals surface area contributed by atoms with Crippen molar-refractivity contribution < 1.29 is 9.59 Å². The molecule has 90 valence electrons. The van der Waals surface area contributed by atoms with Gasteiger partial charge in [-0.3, -0.25) is 14.9 Å². The molecule has 5 heteroatoms. The first kappa shape index (κ1) is 11.7. The van der Waals surface area contributed by atoms with E-state index in [1.165, 1.54) is 0 Å². The van der Waals surface area contributed by atoms with E-state index in [0.29, 0.717) is 12.8 Å². The molecule has 0 aromatic carbocycles. The van der Waals surface area contributed by atoms with E-state index >= 15 is 0 Å². The normalized spacial score (nSPS) is 20.5. The van der Waals surface area contributed by atoms with Crippen LogP contribution in [0, 0.1) is 0 Å². The van der Waals surface area contributed by atoms with E-state index in [0.717, 1.165) is 11.3 Å². The van der Waals surface area contributed by atoms with E-state index < -0.39 is 0 Å². The second-order valence-electron chi connectivity index (χ2n) is 4.53. The number of piperidine rings is 1. The summed E-state index contributed by atoms with van der Waals surface area (Å²) in [5, 5.41) is 10.3. The Kier molecular flexibility index (Phi) is 3.17. The van der Waals surface area contributed by atoms with Crippen molar-refractivity contribution in [3.8, 4) is 0 Å². The fraction of sp³-hybridized carbons (Fsp3) is 0.500. The van der Waals surface area contributed by atoms with Crippen LogP contribution >= 0.6 is 0 Å². The lowest BCUT2D eigenvalue weighted by Gasteiger charge is -2.23. The van der Waals surface area contributed by atoms with Gasteiger partial charge in [0.15, 0.2) is 0 Å². The first-order valence-electron chi connectivity index (χ1n) is 5.74. The summed E-state index contributed by atoms with van der Waals surface area (Å²) in [6.45, 7) is 4.03. The average molecular weight is 233 g/mol. The fourth-order valence-corrected chi connectivity index (χ4v) is 2.09. The Bertz CT molecular complexity index is 457. The number of nitrogens with zero attached hydrogens (tertiary/aromatic N) is 2. The lowest BCUT2D eigenvalue weighted by atomic mass is 9.87. The van der Waals surface area contributed by atoms with Crippen molar-refractivity contribution in [2.24, 2.45) is 0 Å². The number of carbonyl (C=O) groups is 2. The van der Waals surface area contributed by atoms with E-state index in [4.69, 9.17) is 0 Å². The Morgan fingerprint density at radius 3 is 2.82 bits per heavy atom. The quantitative estimate of drug-likeness (QED) is 0.777. The number of hydrogen-bond acceptors (Lipinski definition) is 4. The van der Waals surface area contributed by atoms with Gasteiger partial charge in [0.1, 0.15) is 0 Å². The molecule has 0 radical (unpaired) electrons. The van der Waals surface area contributed by atoms with Crippen LogP contribution in [0.1, 0.15) is 49.8 Å². The molecule has 1 aliphatic rings. The molecule has 2 heterocycles. The molecule has 2 rings (SSSR count). The monoisotopic (exact) mass is 233 g/mol. The maximum atomic E-state index is 11.8. The Labute approximate surface area is 99.6 Å². The van der Waals surface area contributed by atoms with Gasteiger partial charge >= 0.3 is 0 Å². The SMILES string of the molecule is CC(C)c1nnccc1C1CCC(=O)NC1=O. The zero-order valence-electron chi connectivity index (χ0n) is 9.93. The van der Waals surface area contributed by atoms with E-state index in [9.17, 15) is 9.59 Å². The molecule has 0 saturated carbocycles. The van der Waals surface area contributed by atoms with Crippen LogP contribution in [-0.4, -0.2) is 22.0 Å². The molecule has 2 amide bonds. The maximum absolute atomic E-state index is 11.8. The van der Waals surface area contributed by atoms with Crippen molar-refractivity contribution in [3.05, 3.63) is 23.5 Å². The lowest BCUT2D eigenvalue weighted by Crippen LogP contribution is -2.39. The predicted molar refractivity (Wildman–Crippen MR) is 61.2 cm³/mol. The number of aromatic nitrogens is 2. The van der Waals surface area contributed by atoms with Crippen LogP contribution in [-0.2, 0) is 9.59 Å². The van der Waals surface area contributed by atoms with Crippen molar-refractivity contribution in [1.29, 1.82) is 0 Å². The molecule has 17 heavy (non-hydrogen) atoms. The van der Waals surface area contributed by atoms with Gasteiger partial charge in [-0.05, 0) is 24.0 Å². The molecule has 5 nitrogen and oxygen atoms in total. The lowest BCUT2D eigenvalue weighted by molar-refractivity contribution is -0.134. The zero-order chi connectivity index (χ0) is 12.4. The number of nitrogens with one attached hydrogen (secondary N) is 1. The minimum absolute atomic E-state index is 0.195. The topological polar surface area (TPSA) is 72.0 Å². The Hall–Kier alpha value is -1.78. The standard InChI is InChI=1S/C12H15N3O2/c1-7(2)11-8(5-6-13-15-11)9-3-4-10(16)14-12(9)17/h5-7,9H,3-4H2,1-2H3,(H,14,16,17). The van der Waals surface area contributed by atoms with Gasteiger partial charge in [0.2, 0.25) is 11.8 Å². The summed E-state index contributed by atoms with van der Waals surface area (Å²) in [7, 11) is 0. The molecular weight excluding hydrogens is 218 g/mol. The maximum Gasteiger partial charge on any atom is 0.234 e. The van der Waals surface area contributed by atoms with Gasteiger partial charge in [0.05, 0.1) is 11.6 Å². The van der Waals surface area contributed by atoms with Crippen molar-refractivity contribution in [3.63, 3.8) is 0 Å². The minimum atomic E-state index is -0.277. The molecule has 1 saturated heterocycles. The molecule has 0 bridgehead atoms. The van der Waals surface area contributed by atoms with Crippen molar-refractivity contribution in [2.45, 2.75) is 38.5 Å². The molecule has 1 unspecified atom stereocenters. The van der Waals surface area contributed by atoms with Crippen LogP contribution in [0.2, 0.25) is 0 Å². The van der Waals surface area contributed by atoms with Crippen molar-refractivity contribution in [2.75, 3.05) is 0 Å². The third-order valence-electron chi connectivity index (χ3n) is 2.94. The number of hydrogen-bond donors (Lipinski definition) is 1. The van der Waals surface area contributed by atoms with Gasteiger partial charge in [-0.2, -0.15) is 10.2 Å². The van der Waals surface area contributed by atoms with Gasteiger partial charge < -0.3 is 0 Å². The van der Waals surface area contributed by atoms with Gasteiger partial charge in [-0.25, -0.2) is 0 Å². The Morgan fingerprint density at radius 1 is 1.41 bits per heavy atom. The minimum Gasteiger partial charge on any atom is -0.296 e. The second kappa shape index (κ2) is 4.61. The highest BCUT2D eigenvalue weighted by atomic mass is 16.2. The van der Waals surface area contributed by atoms with Crippen molar-refractivity contribution in [1.82, 2.24) is 15.5 Å². The molecule has 1 aromatic rings. The molecule has 1 aromatic heterocycles.